The zero-order chi connectivity index (χ0) is 23.5. The summed E-state index contributed by atoms with van der Waals surface area (Å²) in [6.07, 6.45) is -0.496. The monoisotopic (exact) mass is 464 g/mol. The number of hydrogen-bond donors (Lipinski definition) is 1. The number of benzene rings is 2. The van der Waals surface area contributed by atoms with E-state index in [2.05, 4.69) is 9.97 Å². The van der Waals surface area contributed by atoms with E-state index in [1.807, 2.05) is 43.3 Å². The van der Waals surface area contributed by atoms with E-state index in [1.54, 1.807) is 29.8 Å². The molecule has 0 radical (unpaired) electrons. The van der Waals surface area contributed by atoms with Gasteiger partial charge in [-0.3, -0.25) is 4.90 Å². The fourth-order valence-corrected chi connectivity index (χ4v) is 3.62. The lowest BCUT2D eigenvalue weighted by molar-refractivity contribution is 0.0690. The summed E-state index contributed by atoms with van der Waals surface area (Å²) in [7, 11) is 1.61. The number of carboxylic acid groups (broad SMARTS) is 1. The minimum absolute atomic E-state index is 0.0549. The number of hydrogen-bond acceptors (Lipinski definition) is 5. The van der Waals surface area contributed by atoms with Gasteiger partial charge in [-0.25, -0.2) is 19.6 Å². The molecule has 1 N–H and O–H groups in total. The number of fused-ring (bicyclic) bond motifs is 1. The minimum Gasteiger partial charge on any atom is -0.477 e. The molecular formula is C24H21ClN4O4. The molecule has 9 heteroatoms. The van der Waals surface area contributed by atoms with Crippen molar-refractivity contribution in [1.82, 2.24) is 14.5 Å². The SMILES string of the molecule is Cc1nc2ccc(C(=O)O)nc2n1Cc1ccc(N(C)C(=O)OCc2ccccc2)cc1Cl. The third-order valence-electron chi connectivity index (χ3n) is 5.23. The van der Waals surface area contributed by atoms with Crippen molar-refractivity contribution >= 4 is 40.5 Å². The number of rotatable bonds is 6. The number of amides is 1. The highest BCUT2D eigenvalue weighted by Crippen LogP contribution is 2.26. The largest absolute Gasteiger partial charge is 0.477 e. The highest BCUT2D eigenvalue weighted by molar-refractivity contribution is 6.31. The Morgan fingerprint density at radius 2 is 1.85 bits per heavy atom. The lowest BCUT2D eigenvalue weighted by atomic mass is 10.2. The molecule has 1 amide bonds. The van der Waals surface area contributed by atoms with Crippen LogP contribution in [0.2, 0.25) is 5.02 Å². The fourth-order valence-electron chi connectivity index (χ4n) is 3.39. The number of nitrogens with zero attached hydrogens (tertiary/aromatic N) is 4. The Hall–Kier alpha value is -3.91. The molecule has 0 spiro atoms. The predicted octanol–water partition coefficient (Wildman–Crippen LogP) is 4.91. The zero-order valence-electron chi connectivity index (χ0n) is 18.0. The number of anilines is 1. The Labute approximate surface area is 195 Å². The van der Waals surface area contributed by atoms with Gasteiger partial charge in [-0.05, 0) is 42.3 Å². The molecule has 2 aromatic heterocycles. The molecular weight excluding hydrogens is 444 g/mol. The van der Waals surface area contributed by atoms with Gasteiger partial charge in [-0.1, -0.05) is 48.0 Å². The third kappa shape index (κ3) is 4.80. The molecule has 4 aromatic rings. The second kappa shape index (κ2) is 9.30. The van der Waals surface area contributed by atoms with Gasteiger partial charge in [0.15, 0.2) is 11.3 Å². The Morgan fingerprint density at radius 3 is 2.55 bits per heavy atom. The number of aryl methyl sites for hydroxylation is 1. The number of ether oxygens (including phenoxy) is 1. The average Bonchev–Trinajstić information content (AvgIpc) is 3.13. The van der Waals surface area contributed by atoms with E-state index in [-0.39, 0.29) is 12.3 Å². The summed E-state index contributed by atoms with van der Waals surface area (Å²) in [6, 6.07) is 17.8. The first kappa shape index (κ1) is 22.3. The van der Waals surface area contributed by atoms with Crippen LogP contribution in [0.1, 0.15) is 27.4 Å². The smallest absolute Gasteiger partial charge is 0.414 e. The zero-order valence-corrected chi connectivity index (χ0v) is 18.8. The minimum atomic E-state index is -1.10. The van der Waals surface area contributed by atoms with Gasteiger partial charge in [-0.2, -0.15) is 0 Å². The van der Waals surface area contributed by atoms with Gasteiger partial charge in [0.1, 0.15) is 17.9 Å². The van der Waals surface area contributed by atoms with Crippen molar-refractivity contribution in [3.8, 4) is 0 Å². The van der Waals surface area contributed by atoms with Crippen LogP contribution in [0.3, 0.4) is 0 Å². The summed E-state index contributed by atoms with van der Waals surface area (Å²) >= 11 is 6.53. The Balaban J connectivity index is 1.52. The summed E-state index contributed by atoms with van der Waals surface area (Å²) in [4.78, 5) is 33.8. The number of carbonyl (C=O) groups is 2. The average molecular weight is 465 g/mol. The van der Waals surface area contributed by atoms with E-state index in [0.717, 1.165) is 11.1 Å². The quantitative estimate of drug-likeness (QED) is 0.435. The summed E-state index contributed by atoms with van der Waals surface area (Å²) in [5.74, 6) is -0.423. The molecule has 2 heterocycles. The van der Waals surface area contributed by atoms with Gasteiger partial charge in [0.2, 0.25) is 0 Å². The molecule has 2 aromatic carbocycles. The van der Waals surface area contributed by atoms with E-state index in [4.69, 9.17) is 16.3 Å². The van der Waals surface area contributed by atoms with Crippen LogP contribution < -0.4 is 4.90 Å². The maximum Gasteiger partial charge on any atom is 0.414 e. The van der Waals surface area contributed by atoms with Gasteiger partial charge >= 0.3 is 12.1 Å². The summed E-state index contributed by atoms with van der Waals surface area (Å²) in [6.45, 7) is 2.34. The Morgan fingerprint density at radius 1 is 1.09 bits per heavy atom. The van der Waals surface area contributed by atoms with E-state index >= 15 is 0 Å². The van der Waals surface area contributed by atoms with Gasteiger partial charge in [0.25, 0.3) is 0 Å². The molecule has 0 bridgehead atoms. The number of carbonyl (C=O) groups excluding carboxylic acids is 1. The topological polar surface area (TPSA) is 97.5 Å². The molecule has 0 fully saturated rings. The van der Waals surface area contributed by atoms with Crippen molar-refractivity contribution in [2.24, 2.45) is 0 Å². The third-order valence-corrected chi connectivity index (χ3v) is 5.59. The maximum absolute atomic E-state index is 12.4. The highest BCUT2D eigenvalue weighted by Gasteiger charge is 2.17. The second-order valence-corrected chi connectivity index (χ2v) is 7.87. The number of aromatic carboxylic acids is 1. The lowest BCUT2D eigenvalue weighted by Crippen LogP contribution is -2.27. The van der Waals surface area contributed by atoms with Crippen molar-refractivity contribution in [3.63, 3.8) is 0 Å². The van der Waals surface area contributed by atoms with Crippen molar-refractivity contribution in [2.45, 2.75) is 20.1 Å². The van der Waals surface area contributed by atoms with Crippen LogP contribution in [0.4, 0.5) is 10.5 Å². The lowest BCUT2D eigenvalue weighted by Gasteiger charge is -2.18. The van der Waals surface area contributed by atoms with Crippen LogP contribution in [0, 0.1) is 6.92 Å². The summed E-state index contributed by atoms with van der Waals surface area (Å²) < 4.78 is 7.18. The van der Waals surface area contributed by atoms with Crippen molar-refractivity contribution in [3.05, 3.63) is 88.3 Å². The van der Waals surface area contributed by atoms with E-state index < -0.39 is 12.1 Å². The molecule has 4 rings (SSSR count). The molecule has 0 aliphatic heterocycles. The summed E-state index contributed by atoms with van der Waals surface area (Å²) in [5.41, 5.74) is 3.27. The van der Waals surface area contributed by atoms with Gasteiger partial charge in [0.05, 0.1) is 6.54 Å². The number of carboxylic acids is 1. The molecule has 0 atom stereocenters. The van der Waals surface area contributed by atoms with Gasteiger partial charge < -0.3 is 14.4 Å². The summed E-state index contributed by atoms with van der Waals surface area (Å²) in [5, 5.41) is 9.70. The number of pyridine rings is 1. The number of imidazole rings is 1. The van der Waals surface area contributed by atoms with Crippen molar-refractivity contribution in [1.29, 1.82) is 0 Å². The normalized spacial score (nSPS) is 10.9. The van der Waals surface area contributed by atoms with Crippen molar-refractivity contribution < 1.29 is 19.4 Å². The standard InChI is InChI=1S/C24H21ClN4O4/c1-15-26-20-10-11-21(23(30)31)27-22(20)29(15)13-17-8-9-18(12-19(17)25)28(2)24(32)33-14-16-6-4-3-5-7-16/h3-12H,13-14H2,1-2H3,(H,30,31). The van der Waals surface area contributed by atoms with Gasteiger partial charge in [0, 0.05) is 17.8 Å². The molecule has 0 saturated carbocycles. The van der Waals surface area contributed by atoms with Crippen LogP contribution in [-0.4, -0.2) is 38.8 Å². The number of halogens is 1. The fraction of sp³-hybridized carbons (Fsp3) is 0.167. The van der Waals surface area contributed by atoms with Crippen LogP contribution in [0.25, 0.3) is 11.2 Å². The molecule has 0 saturated heterocycles. The van der Waals surface area contributed by atoms with Gasteiger partial charge in [-0.15, -0.1) is 0 Å². The van der Waals surface area contributed by atoms with Crippen LogP contribution >= 0.6 is 11.6 Å². The van der Waals surface area contributed by atoms with Crippen LogP contribution in [0.5, 0.6) is 0 Å². The maximum atomic E-state index is 12.4. The Bertz CT molecular complexity index is 1340. The van der Waals surface area contributed by atoms with Crippen molar-refractivity contribution in [2.75, 3.05) is 11.9 Å². The van der Waals surface area contributed by atoms with E-state index in [9.17, 15) is 14.7 Å². The first-order valence-corrected chi connectivity index (χ1v) is 10.5. The van der Waals surface area contributed by atoms with E-state index in [1.165, 1.54) is 11.0 Å². The molecule has 0 aliphatic rings. The first-order chi connectivity index (χ1) is 15.8. The highest BCUT2D eigenvalue weighted by atomic mass is 35.5. The molecule has 0 aliphatic carbocycles. The number of aromatic nitrogens is 3. The molecule has 8 nitrogen and oxygen atoms in total. The molecule has 0 unspecified atom stereocenters. The molecule has 33 heavy (non-hydrogen) atoms. The van der Waals surface area contributed by atoms with E-state index in [0.29, 0.717) is 34.2 Å². The van der Waals surface area contributed by atoms with Crippen LogP contribution in [-0.2, 0) is 17.9 Å². The predicted molar refractivity (Wildman–Crippen MR) is 125 cm³/mol. The second-order valence-electron chi connectivity index (χ2n) is 7.46. The molecule has 168 valence electrons. The Kier molecular flexibility index (Phi) is 6.28. The first-order valence-electron chi connectivity index (χ1n) is 10.1. The van der Waals surface area contributed by atoms with Crippen LogP contribution in [0.15, 0.2) is 60.7 Å².